The van der Waals surface area contributed by atoms with Crippen LogP contribution in [-0.2, 0) is 6.42 Å². The highest BCUT2D eigenvalue weighted by Gasteiger charge is 2.03. The summed E-state index contributed by atoms with van der Waals surface area (Å²) >= 11 is 1.64. The van der Waals surface area contributed by atoms with E-state index < -0.39 is 0 Å². The number of nitrogens with zero attached hydrogens (tertiary/aromatic N) is 4. The molecule has 0 amide bonds. The lowest BCUT2D eigenvalue weighted by atomic mass is 10.2. The van der Waals surface area contributed by atoms with E-state index in [1.165, 1.54) is 30.7 Å². The van der Waals surface area contributed by atoms with Crippen molar-refractivity contribution in [2.45, 2.75) is 39.0 Å². The Morgan fingerprint density at radius 3 is 3.07 bits per heavy atom. The zero-order chi connectivity index (χ0) is 9.80. The number of aromatic nitrogens is 4. The number of unbranched alkanes of at least 4 members (excludes halogenated alkanes) is 3. The van der Waals surface area contributed by atoms with E-state index in [-0.39, 0.29) is 0 Å². The highest BCUT2D eigenvalue weighted by atomic mass is 32.1. The standard InChI is InChI=1S/C9H14N4S/c1-2-3-4-5-6-8-12-13-7-10-11-9(13)14-8/h7H,2-6H2,1H3. The first-order valence-electron chi connectivity index (χ1n) is 5.06. The fraction of sp³-hybridized carbons (Fsp3) is 0.667. The quantitative estimate of drug-likeness (QED) is 0.711. The van der Waals surface area contributed by atoms with Crippen molar-refractivity contribution in [3.63, 3.8) is 0 Å². The first-order valence-corrected chi connectivity index (χ1v) is 5.87. The van der Waals surface area contributed by atoms with Gasteiger partial charge in [0, 0.05) is 6.42 Å². The van der Waals surface area contributed by atoms with E-state index in [0.29, 0.717) is 0 Å². The summed E-state index contributed by atoms with van der Waals surface area (Å²) in [7, 11) is 0. The van der Waals surface area contributed by atoms with Crippen LogP contribution in [0.5, 0.6) is 0 Å². The second-order valence-electron chi connectivity index (χ2n) is 3.36. The van der Waals surface area contributed by atoms with Gasteiger partial charge in [0.15, 0.2) is 0 Å². The smallest absolute Gasteiger partial charge is 0.190 e. The molecule has 4 nitrogen and oxygen atoms in total. The van der Waals surface area contributed by atoms with E-state index in [9.17, 15) is 0 Å². The predicted octanol–water partition coefficient (Wildman–Crippen LogP) is 2.31. The maximum absolute atomic E-state index is 4.38. The Bertz CT molecular complexity index is 364. The molecule has 2 rings (SSSR count). The highest BCUT2D eigenvalue weighted by molar-refractivity contribution is 7.16. The van der Waals surface area contributed by atoms with Crippen LogP contribution in [0.4, 0.5) is 0 Å². The Hall–Kier alpha value is -0.970. The molecule has 0 aliphatic heterocycles. The van der Waals surface area contributed by atoms with E-state index in [4.69, 9.17) is 0 Å². The van der Waals surface area contributed by atoms with Crippen LogP contribution in [0.25, 0.3) is 4.96 Å². The number of rotatable bonds is 5. The first-order chi connectivity index (χ1) is 6.90. The minimum Gasteiger partial charge on any atom is -0.190 e. The van der Waals surface area contributed by atoms with Gasteiger partial charge in [-0.2, -0.15) is 9.61 Å². The number of hydrogen-bond donors (Lipinski definition) is 0. The molecule has 2 heterocycles. The van der Waals surface area contributed by atoms with Crippen LogP contribution in [0.1, 0.15) is 37.6 Å². The Balaban J connectivity index is 1.89. The molecule has 2 aromatic rings. The molecular weight excluding hydrogens is 196 g/mol. The van der Waals surface area contributed by atoms with Crippen LogP contribution in [0.2, 0.25) is 0 Å². The second kappa shape index (κ2) is 4.50. The van der Waals surface area contributed by atoms with Crippen molar-refractivity contribution in [3.05, 3.63) is 11.3 Å². The van der Waals surface area contributed by atoms with Gasteiger partial charge in [-0.3, -0.25) is 0 Å². The molecule has 0 atom stereocenters. The van der Waals surface area contributed by atoms with Gasteiger partial charge in [-0.15, -0.1) is 10.2 Å². The van der Waals surface area contributed by atoms with Gasteiger partial charge >= 0.3 is 0 Å². The van der Waals surface area contributed by atoms with Gasteiger partial charge < -0.3 is 0 Å². The van der Waals surface area contributed by atoms with Gasteiger partial charge in [0.25, 0.3) is 0 Å². The molecule has 0 radical (unpaired) electrons. The maximum atomic E-state index is 4.38. The summed E-state index contributed by atoms with van der Waals surface area (Å²) < 4.78 is 1.75. The summed E-state index contributed by atoms with van der Waals surface area (Å²) in [5.74, 6) is 0. The number of hydrogen-bond acceptors (Lipinski definition) is 4. The van der Waals surface area contributed by atoms with Gasteiger partial charge in [-0.1, -0.05) is 37.5 Å². The monoisotopic (exact) mass is 210 g/mol. The topological polar surface area (TPSA) is 43.1 Å². The maximum Gasteiger partial charge on any atom is 0.234 e. The zero-order valence-electron chi connectivity index (χ0n) is 8.31. The number of aryl methyl sites for hydroxylation is 1. The fourth-order valence-corrected chi connectivity index (χ4v) is 2.26. The molecule has 0 saturated heterocycles. The molecule has 0 N–H and O–H groups in total. The van der Waals surface area contributed by atoms with Crippen molar-refractivity contribution in [2.75, 3.05) is 0 Å². The summed E-state index contributed by atoms with van der Waals surface area (Å²) in [6.45, 7) is 2.23. The van der Waals surface area contributed by atoms with E-state index in [0.717, 1.165) is 11.4 Å². The lowest BCUT2D eigenvalue weighted by Gasteiger charge is -1.94. The summed E-state index contributed by atoms with van der Waals surface area (Å²) in [5.41, 5.74) is 0. The molecule has 0 aliphatic carbocycles. The largest absolute Gasteiger partial charge is 0.234 e. The van der Waals surface area contributed by atoms with Crippen molar-refractivity contribution in [2.24, 2.45) is 0 Å². The minimum atomic E-state index is 0.899. The first kappa shape index (κ1) is 9.58. The van der Waals surface area contributed by atoms with E-state index in [2.05, 4.69) is 22.2 Å². The molecule has 5 heteroatoms. The van der Waals surface area contributed by atoms with Crippen molar-refractivity contribution in [3.8, 4) is 0 Å². The van der Waals surface area contributed by atoms with Gasteiger partial charge in [-0.25, -0.2) is 0 Å². The second-order valence-corrected chi connectivity index (χ2v) is 4.41. The third kappa shape index (κ3) is 2.09. The lowest BCUT2D eigenvalue weighted by Crippen LogP contribution is -1.87. The van der Waals surface area contributed by atoms with E-state index in [1.807, 2.05) is 0 Å². The van der Waals surface area contributed by atoms with Gasteiger partial charge in [0.05, 0.1) is 0 Å². The number of fused-ring (bicyclic) bond motifs is 1. The third-order valence-electron chi connectivity index (χ3n) is 2.17. The molecule has 14 heavy (non-hydrogen) atoms. The Morgan fingerprint density at radius 2 is 2.29 bits per heavy atom. The summed E-state index contributed by atoms with van der Waals surface area (Å²) in [4.78, 5) is 0.899. The highest BCUT2D eigenvalue weighted by Crippen LogP contribution is 2.14. The summed E-state index contributed by atoms with van der Waals surface area (Å²) in [6.07, 6.45) is 7.87. The van der Waals surface area contributed by atoms with Crippen LogP contribution < -0.4 is 0 Å². The van der Waals surface area contributed by atoms with Gasteiger partial charge in [0.2, 0.25) is 4.96 Å². The molecule has 0 bridgehead atoms. The summed E-state index contributed by atoms with van der Waals surface area (Å²) in [6, 6.07) is 0. The minimum absolute atomic E-state index is 0.899. The third-order valence-corrected chi connectivity index (χ3v) is 3.15. The normalized spacial score (nSPS) is 11.2. The van der Waals surface area contributed by atoms with Crippen molar-refractivity contribution in [1.82, 2.24) is 19.8 Å². The van der Waals surface area contributed by atoms with Crippen LogP contribution in [0.15, 0.2) is 6.33 Å². The molecule has 0 fully saturated rings. The fourth-order valence-electron chi connectivity index (χ4n) is 1.41. The van der Waals surface area contributed by atoms with Crippen molar-refractivity contribution in [1.29, 1.82) is 0 Å². The average molecular weight is 210 g/mol. The van der Waals surface area contributed by atoms with Crippen molar-refractivity contribution < 1.29 is 0 Å². The van der Waals surface area contributed by atoms with Gasteiger partial charge in [0.1, 0.15) is 11.3 Å². The zero-order valence-corrected chi connectivity index (χ0v) is 9.13. The molecule has 76 valence electrons. The van der Waals surface area contributed by atoms with Gasteiger partial charge in [-0.05, 0) is 6.42 Å². The molecule has 2 aromatic heterocycles. The molecule has 0 unspecified atom stereocenters. The van der Waals surface area contributed by atoms with Crippen LogP contribution in [0, 0.1) is 0 Å². The van der Waals surface area contributed by atoms with E-state index >= 15 is 0 Å². The molecule has 0 aromatic carbocycles. The molecular formula is C9H14N4S. The van der Waals surface area contributed by atoms with Crippen LogP contribution in [-0.4, -0.2) is 19.8 Å². The predicted molar refractivity (Wildman–Crippen MR) is 56.5 cm³/mol. The average Bonchev–Trinajstić information content (AvgIpc) is 2.72. The van der Waals surface area contributed by atoms with Crippen LogP contribution in [0.3, 0.4) is 0 Å². The van der Waals surface area contributed by atoms with Crippen molar-refractivity contribution >= 4 is 16.3 Å². The molecule has 0 aliphatic rings. The molecule has 0 saturated carbocycles. The Labute approximate surface area is 87.0 Å². The summed E-state index contributed by atoms with van der Waals surface area (Å²) in [5, 5.41) is 13.3. The molecule has 0 spiro atoms. The van der Waals surface area contributed by atoms with Crippen LogP contribution >= 0.6 is 11.3 Å². The lowest BCUT2D eigenvalue weighted by molar-refractivity contribution is 0.661. The Kier molecular flexibility index (Phi) is 3.08. The Morgan fingerprint density at radius 1 is 1.36 bits per heavy atom. The van der Waals surface area contributed by atoms with E-state index in [1.54, 1.807) is 22.2 Å². The SMILES string of the molecule is CCCCCCc1nn2cnnc2s1.